The molecular weight excluding hydrogens is 443 g/mol. The zero-order valence-electron chi connectivity index (χ0n) is 16.1. The maximum atomic E-state index is 13.1. The number of methoxy groups -OCH3 is 1. The number of nitrogens with one attached hydrogen (secondary N) is 2. The second kappa shape index (κ2) is 10.7. The molecule has 154 valence electrons. The average molecular weight is 465 g/mol. The highest BCUT2D eigenvalue weighted by Crippen LogP contribution is 2.18. The van der Waals surface area contributed by atoms with E-state index in [1.165, 1.54) is 38.3 Å². The van der Waals surface area contributed by atoms with Gasteiger partial charge in [-0.2, -0.15) is 0 Å². The van der Waals surface area contributed by atoms with E-state index in [0.29, 0.717) is 5.56 Å². The minimum absolute atomic E-state index is 0.147. The number of carbonyl (C=O) groups is 3. The van der Waals surface area contributed by atoms with Gasteiger partial charge in [0.05, 0.1) is 7.11 Å². The number of benzene rings is 2. The number of esters is 1. The lowest BCUT2D eigenvalue weighted by atomic mass is 10.0. The normalized spacial score (nSPS) is 12.6. The lowest BCUT2D eigenvalue weighted by Crippen LogP contribution is -2.53. The van der Waals surface area contributed by atoms with Gasteiger partial charge in [0.2, 0.25) is 11.8 Å². The molecule has 0 spiro atoms. The molecule has 0 saturated heterocycles. The van der Waals surface area contributed by atoms with E-state index in [2.05, 4.69) is 26.6 Å². The minimum atomic E-state index is -0.935. The molecule has 0 aliphatic rings. The molecule has 0 heterocycles. The van der Waals surface area contributed by atoms with Crippen molar-refractivity contribution in [3.63, 3.8) is 0 Å². The molecule has 0 saturated carbocycles. The number of halogens is 2. The fraction of sp³-hybridized carbons (Fsp3) is 0.286. The number of rotatable bonds is 8. The highest BCUT2D eigenvalue weighted by atomic mass is 79.9. The van der Waals surface area contributed by atoms with Crippen LogP contribution in [0, 0.1) is 5.82 Å². The molecule has 2 aromatic carbocycles. The summed E-state index contributed by atoms with van der Waals surface area (Å²) in [6, 6.07) is 11.1. The summed E-state index contributed by atoms with van der Waals surface area (Å²) >= 11 is 3.42. The van der Waals surface area contributed by atoms with Crippen molar-refractivity contribution >= 4 is 33.7 Å². The van der Waals surface area contributed by atoms with Crippen molar-refractivity contribution < 1.29 is 23.5 Å². The van der Waals surface area contributed by atoms with E-state index in [9.17, 15) is 18.8 Å². The smallest absolute Gasteiger partial charge is 0.328 e. The van der Waals surface area contributed by atoms with E-state index in [4.69, 9.17) is 4.74 Å². The Balaban J connectivity index is 2.17. The summed E-state index contributed by atoms with van der Waals surface area (Å²) in [5.41, 5.74) is 1.48. The Bertz CT molecular complexity index is 873. The van der Waals surface area contributed by atoms with Gasteiger partial charge in [0.15, 0.2) is 0 Å². The quantitative estimate of drug-likeness (QED) is 0.587. The molecule has 0 bridgehead atoms. The molecule has 2 N–H and O–H groups in total. The Labute approximate surface area is 177 Å². The second-order valence-electron chi connectivity index (χ2n) is 6.46. The van der Waals surface area contributed by atoms with Crippen LogP contribution in [0.3, 0.4) is 0 Å². The van der Waals surface area contributed by atoms with Crippen LogP contribution >= 0.6 is 15.9 Å². The van der Waals surface area contributed by atoms with Gasteiger partial charge in [0.25, 0.3) is 0 Å². The van der Waals surface area contributed by atoms with Crippen LogP contribution in [0.25, 0.3) is 0 Å². The summed E-state index contributed by atoms with van der Waals surface area (Å²) < 4.78 is 18.7. The summed E-state index contributed by atoms with van der Waals surface area (Å²) in [6.07, 6.45) is 0.359. The van der Waals surface area contributed by atoms with Crippen molar-refractivity contribution in [1.29, 1.82) is 0 Å². The number of carbonyl (C=O) groups excluding carboxylic acids is 3. The highest BCUT2D eigenvalue weighted by molar-refractivity contribution is 9.10. The van der Waals surface area contributed by atoms with Crippen LogP contribution in [0.1, 0.15) is 18.1 Å². The topological polar surface area (TPSA) is 84.5 Å². The first-order chi connectivity index (χ1) is 13.8. The summed E-state index contributed by atoms with van der Waals surface area (Å²) in [6.45, 7) is 1.30. The maximum absolute atomic E-state index is 13.1. The van der Waals surface area contributed by atoms with E-state index in [1.54, 1.807) is 0 Å². The van der Waals surface area contributed by atoms with Gasteiger partial charge in [-0.3, -0.25) is 9.59 Å². The molecule has 2 rings (SSSR count). The number of hydrogen-bond donors (Lipinski definition) is 2. The Morgan fingerprint density at radius 1 is 1.00 bits per heavy atom. The first-order valence-corrected chi connectivity index (χ1v) is 9.72. The largest absolute Gasteiger partial charge is 0.467 e. The number of hydrogen-bond acceptors (Lipinski definition) is 4. The third-order valence-corrected chi connectivity index (χ3v) is 5.00. The van der Waals surface area contributed by atoms with Crippen LogP contribution in [0.2, 0.25) is 0 Å². The molecule has 0 fully saturated rings. The molecule has 0 unspecified atom stereocenters. The van der Waals surface area contributed by atoms with E-state index in [1.807, 2.05) is 24.3 Å². The SMILES string of the molecule is COC(=O)[C@H](Cc1ccccc1Br)NC(=O)[C@@H](Cc1ccc(F)cc1)NC(C)=O. The lowest BCUT2D eigenvalue weighted by molar-refractivity contribution is -0.145. The van der Waals surface area contributed by atoms with Crippen LogP contribution in [0.4, 0.5) is 4.39 Å². The highest BCUT2D eigenvalue weighted by Gasteiger charge is 2.27. The Morgan fingerprint density at radius 2 is 1.66 bits per heavy atom. The van der Waals surface area contributed by atoms with Crippen molar-refractivity contribution in [2.75, 3.05) is 7.11 Å². The van der Waals surface area contributed by atoms with E-state index in [0.717, 1.165) is 10.0 Å². The molecule has 2 atom stereocenters. The van der Waals surface area contributed by atoms with Gasteiger partial charge in [-0.1, -0.05) is 46.3 Å². The summed E-state index contributed by atoms with van der Waals surface area (Å²) in [4.78, 5) is 36.6. The fourth-order valence-corrected chi connectivity index (χ4v) is 3.25. The van der Waals surface area contributed by atoms with Crippen molar-refractivity contribution in [3.8, 4) is 0 Å². The summed E-state index contributed by atoms with van der Waals surface area (Å²) in [5, 5.41) is 5.23. The third-order valence-electron chi connectivity index (χ3n) is 4.23. The monoisotopic (exact) mass is 464 g/mol. The molecule has 8 heteroatoms. The molecule has 0 radical (unpaired) electrons. The molecule has 29 heavy (non-hydrogen) atoms. The lowest BCUT2D eigenvalue weighted by Gasteiger charge is -2.22. The van der Waals surface area contributed by atoms with Gasteiger partial charge in [-0.15, -0.1) is 0 Å². The van der Waals surface area contributed by atoms with E-state index >= 15 is 0 Å². The first kappa shape index (κ1) is 22.5. The van der Waals surface area contributed by atoms with Crippen LogP contribution in [0.5, 0.6) is 0 Å². The Hall–Kier alpha value is -2.74. The van der Waals surface area contributed by atoms with Crippen molar-refractivity contribution in [2.24, 2.45) is 0 Å². The van der Waals surface area contributed by atoms with Crippen LogP contribution in [-0.4, -0.2) is 37.0 Å². The Morgan fingerprint density at radius 3 is 2.24 bits per heavy atom. The third kappa shape index (κ3) is 6.98. The standard InChI is InChI=1S/C21H22BrFN2O4/c1-13(26)24-18(11-14-7-9-16(23)10-8-14)20(27)25-19(21(28)29-2)12-15-5-3-4-6-17(15)22/h3-10,18-19H,11-12H2,1-2H3,(H,24,26)(H,25,27)/t18-,19+/m1/s1. The van der Waals surface area contributed by atoms with Crippen LogP contribution in [-0.2, 0) is 32.0 Å². The zero-order valence-corrected chi connectivity index (χ0v) is 17.7. The van der Waals surface area contributed by atoms with E-state index < -0.39 is 35.7 Å². The van der Waals surface area contributed by atoms with Crippen LogP contribution < -0.4 is 10.6 Å². The second-order valence-corrected chi connectivity index (χ2v) is 7.32. The van der Waals surface area contributed by atoms with Gasteiger partial charge >= 0.3 is 5.97 Å². The summed E-state index contributed by atoms with van der Waals surface area (Å²) in [7, 11) is 1.24. The van der Waals surface area contributed by atoms with Gasteiger partial charge < -0.3 is 15.4 Å². The van der Waals surface area contributed by atoms with Gasteiger partial charge in [-0.05, 0) is 29.3 Å². The molecular formula is C21H22BrFN2O4. The molecule has 2 amide bonds. The molecule has 0 aromatic heterocycles. The zero-order chi connectivity index (χ0) is 21.4. The first-order valence-electron chi connectivity index (χ1n) is 8.93. The fourth-order valence-electron chi connectivity index (χ4n) is 2.80. The molecule has 2 aromatic rings. The van der Waals surface area contributed by atoms with Crippen molar-refractivity contribution in [2.45, 2.75) is 31.8 Å². The molecule has 0 aliphatic heterocycles. The number of ether oxygens (including phenoxy) is 1. The molecule has 6 nitrogen and oxygen atoms in total. The van der Waals surface area contributed by atoms with Gasteiger partial charge in [0.1, 0.15) is 17.9 Å². The number of amides is 2. The van der Waals surface area contributed by atoms with Gasteiger partial charge in [-0.25, -0.2) is 9.18 Å². The van der Waals surface area contributed by atoms with Crippen molar-refractivity contribution in [1.82, 2.24) is 10.6 Å². The maximum Gasteiger partial charge on any atom is 0.328 e. The predicted octanol–water partition coefficient (Wildman–Crippen LogP) is 2.54. The van der Waals surface area contributed by atoms with Crippen LogP contribution in [0.15, 0.2) is 53.0 Å². The minimum Gasteiger partial charge on any atom is -0.467 e. The average Bonchev–Trinajstić information content (AvgIpc) is 2.69. The Kier molecular flexibility index (Phi) is 8.33. The molecule has 0 aliphatic carbocycles. The summed E-state index contributed by atoms with van der Waals surface area (Å²) in [5.74, 6) is -1.93. The predicted molar refractivity (Wildman–Crippen MR) is 110 cm³/mol. The van der Waals surface area contributed by atoms with Gasteiger partial charge in [0, 0.05) is 24.2 Å². The van der Waals surface area contributed by atoms with Crippen molar-refractivity contribution in [3.05, 3.63) is 69.9 Å². The van der Waals surface area contributed by atoms with E-state index in [-0.39, 0.29) is 12.8 Å².